The van der Waals surface area contributed by atoms with Gasteiger partial charge >= 0.3 is 0 Å². The lowest BCUT2D eigenvalue weighted by Gasteiger charge is -2.06. The molecule has 0 saturated carbocycles. The molecular weight excluding hydrogens is 306 g/mol. The van der Waals surface area contributed by atoms with Gasteiger partial charge in [0.15, 0.2) is 0 Å². The number of anilines is 1. The van der Waals surface area contributed by atoms with Gasteiger partial charge in [0, 0.05) is 18.9 Å². The van der Waals surface area contributed by atoms with Gasteiger partial charge in [-0.2, -0.15) is 20.1 Å². The first-order valence-corrected chi connectivity index (χ1v) is 7.69. The summed E-state index contributed by atoms with van der Waals surface area (Å²) in [4.78, 5) is 11.9. The van der Waals surface area contributed by atoms with E-state index in [9.17, 15) is 8.42 Å². The van der Waals surface area contributed by atoms with Crippen LogP contribution in [0.3, 0.4) is 0 Å². The molecule has 0 spiro atoms. The molecule has 3 N–H and O–H groups in total. The minimum atomic E-state index is -3.46. The normalized spacial score (nSPS) is 11.5. The van der Waals surface area contributed by atoms with E-state index < -0.39 is 10.0 Å². The van der Waals surface area contributed by atoms with E-state index in [1.165, 1.54) is 4.68 Å². The fraction of sp³-hybridized carbons (Fsp3) is 0.333. The van der Waals surface area contributed by atoms with Gasteiger partial charge in [0.2, 0.25) is 21.3 Å². The Hall–Kier alpha value is -1.78. The van der Waals surface area contributed by atoms with Gasteiger partial charge in [-0.25, -0.2) is 18.2 Å². The highest BCUT2D eigenvalue weighted by molar-refractivity contribution is 7.89. The van der Waals surface area contributed by atoms with Crippen LogP contribution in [-0.2, 0) is 10.0 Å². The van der Waals surface area contributed by atoms with Gasteiger partial charge in [-0.3, -0.25) is 0 Å². The quantitative estimate of drug-likeness (QED) is 0.706. The molecular formula is C9H12ClN7O2S. The van der Waals surface area contributed by atoms with Crippen molar-refractivity contribution in [1.29, 1.82) is 0 Å². The predicted octanol–water partition coefficient (Wildman–Crippen LogP) is -0.199. The average Bonchev–Trinajstić information content (AvgIpc) is 2.86. The van der Waals surface area contributed by atoms with E-state index in [2.05, 4.69) is 25.4 Å². The van der Waals surface area contributed by atoms with Crippen LogP contribution in [0.15, 0.2) is 18.5 Å². The average molecular weight is 318 g/mol. The zero-order valence-electron chi connectivity index (χ0n) is 10.3. The molecule has 20 heavy (non-hydrogen) atoms. The van der Waals surface area contributed by atoms with Crippen molar-refractivity contribution in [3.8, 4) is 5.95 Å². The van der Waals surface area contributed by atoms with Gasteiger partial charge in [-0.05, 0) is 24.1 Å². The maximum atomic E-state index is 10.8. The topological polar surface area (TPSA) is 129 Å². The Balaban J connectivity index is 2.02. The monoisotopic (exact) mass is 317 g/mol. The van der Waals surface area contributed by atoms with E-state index in [4.69, 9.17) is 16.7 Å². The van der Waals surface area contributed by atoms with Crippen molar-refractivity contribution in [2.45, 2.75) is 6.42 Å². The highest BCUT2D eigenvalue weighted by atomic mass is 35.5. The van der Waals surface area contributed by atoms with E-state index in [-0.39, 0.29) is 22.9 Å². The van der Waals surface area contributed by atoms with Crippen LogP contribution < -0.4 is 10.5 Å². The standard InChI is InChI=1S/C9H12ClN7O2S/c10-7-14-8(12-3-2-6-20(11,18)19)16-9(15-7)17-5-1-4-13-17/h1,4-5H,2-3,6H2,(H2,11,18,19)(H,12,14,15,16). The molecule has 2 aromatic heterocycles. The molecule has 2 heterocycles. The lowest BCUT2D eigenvalue weighted by Crippen LogP contribution is -2.19. The Bertz CT molecular complexity index is 674. The molecule has 0 atom stereocenters. The van der Waals surface area contributed by atoms with E-state index in [0.717, 1.165) is 0 Å². The summed E-state index contributed by atoms with van der Waals surface area (Å²) in [6.45, 7) is 0.343. The number of nitrogens with one attached hydrogen (secondary N) is 1. The number of hydrogen-bond acceptors (Lipinski definition) is 7. The summed E-state index contributed by atoms with van der Waals surface area (Å²) in [6.07, 6.45) is 3.58. The van der Waals surface area contributed by atoms with Crippen molar-refractivity contribution in [3.05, 3.63) is 23.7 Å². The van der Waals surface area contributed by atoms with Crippen LogP contribution in [0, 0.1) is 0 Å². The number of hydrogen-bond donors (Lipinski definition) is 2. The fourth-order valence-electron chi connectivity index (χ4n) is 1.38. The molecule has 0 aromatic carbocycles. The molecule has 0 saturated heterocycles. The molecule has 0 aliphatic heterocycles. The number of halogens is 1. The largest absolute Gasteiger partial charge is 0.354 e. The van der Waals surface area contributed by atoms with Gasteiger partial charge < -0.3 is 5.32 Å². The molecule has 0 bridgehead atoms. The Labute approximate surface area is 120 Å². The maximum absolute atomic E-state index is 10.8. The van der Waals surface area contributed by atoms with Crippen molar-refractivity contribution in [1.82, 2.24) is 24.7 Å². The number of rotatable bonds is 6. The van der Waals surface area contributed by atoms with Gasteiger partial charge in [0.25, 0.3) is 5.95 Å². The molecule has 0 radical (unpaired) electrons. The summed E-state index contributed by atoms with van der Waals surface area (Å²) >= 11 is 5.79. The Morgan fingerprint density at radius 2 is 2.15 bits per heavy atom. The van der Waals surface area contributed by atoms with Crippen LogP contribution in [0.5, 0.6) is 0 Å². The predicted molar refractivity (Wildman–Crippen MR) is 73.0 cm³/mol. The Morgan fingerprint density at radius 1 is 1.35 bits per heavy atom. The lowest BCUT2D eigenvalue weighted by atomic mass is 10.5. The zero-order chi connectivity index (χ0) is 14.6. The zero-order valence-corrected chi connectivity index (χ0v) is 11.8. The third-order valence-electron chi connectivity index (χ3n) is 2.19. The van der Waals surface area contributed by atoms with E-state index >= 15 is 0 Å². The maximum Gasteiger partial charge on any atom is 0.256 e. The first-order valence-electron chi connectivity index (χ1n) is 5.60. The number of sulfonamides is 1. The van der Waals surface area contributed by atoms with E-state index in [0.29, 0.717) is 13.0 Å². The second kappa shape index (κ2) is 6.11. The van der Waals surface area contributed by atoms with E-state index in [1.54, 1.807) is 18.5 Å². The van der Waals surface area contributed by atoms with Crippen molar-refractivity contribution in [2.75, 3.05) is 17.6 Å². The van der Waals surface area contributed by atoms with Crippen molar-refractivity contribution in [3.63, 3.8) is 0 Å². The van der Waals surface area contributed by atoms with Crippen molar-refractivity contribution >= 4 is 27.6 Å². The molecule has 0 amide bonds. The van der Waals surface area contributed by atoms with Crippen LogP contribution in [0.1, 0.15) is 6.42 Å². The third kappa shape index (κ3) is 4.40. The number of nitrogens with zero attached hydrogens (tertiary/aromatic N) is 5. The van der Waals surface area contributed by atoms with Crippen LogP contribution in [-0.4, -0.2) is 45.4 Å². The van der Waals surface area contributed by atoms with Crippen LogP contribution >= 0.6 is 11.6 Å². The minimum Gasteiger partial charge on any atom is -0.354 e. The molecule has 9 nitrogen and oxygen atoms in total. The summed E-state index contributed by atoms with van der Waals surface area (Å²) in [5.41, 5.74) is 0. The highest BCUT2D eigenvalue weighted by Crippen LogP contribution is 2.08. The molecule has 0 unspecified atom stereocenters. The SMILES string of the molecule is NS(=O)(=O)CCCNc1nc(Cl)nc(-n2cccn2)n1. The minimum absolute atomic E-state index is 0.0134. The first kappa shape index (κ1) is 14.6. The lowest BCUT2D eigenvalue weighted by molar-refractivity contribution is 0.595. The molecule has 11 heteroatoms. The summed E-state index contributed by atoms with van der Waals surface area (Å²) in [5.74, 6) is 0.388. The summed E-state index contributed by atoms with van der Waals surface area (Å²) < 4.78 is 23.0. The van der Waals surface area contributed by atoms with Gasteiger partial charge in [-0.1, -0.05) is 0 Å². The molecule has 0 fully saturated rings. The highest BCUT2D eigenvalue weighted by Gasteiger charge is 2.07. The van der Waals surface area contributed by atoms with Crippen LogP contribution in [0.4, 0.5) is 5.95 Å². The van der Waals surface area contributed by atoms with Gasteiger partial charge in [-0.15, -0.1) is 0 Å². The summed E-state index contributed by atoms with van der Waals surface area (Å²) in [5, 5.41) is 11.7. The molecule has 0 aliphatic carbocycles. The Kier molecular flexibility index (Phi) is 4.47. The second-order valence-corrected chi connectivity index (χ2v) is 5.90. The van der Waals surface area contributed by atoms with Crippen molar-refractivity contribution < 1.29 is 8.42 Å². The van der Waals surface area contributed by atoms with Gasteiger partial charge in [0.1, 0.15) is 0 Å². The van der Waals surface area contributed by atoms with Crippen LogP contribution in [0.25, 0.3) is 5.95 Å². The molecule has 0 aliphatic rings. The van der Waals surface area contributed by atoms with Crippen molar-refractivity contribution in [2.24, 2.45) is 5.14 Å². The molecule has 2 rings (SSSR count). The second-order valence-electron chi connectivity index (χ2n) is 3.83. The third-order valence-corrected chi connectivity index (χ3v) is 3.22. The number of primary sulfonamides is 1. The fourth-order valence-corrected chi connectivity index (χ4v) is 2.08. The number of nitrogens with two attached hydrogens (primary N) is 1. The first-order chi connectivity index (χ1) is 9.44. The van der Waals surface area contributed by atoms with Gasteiger partial charge in [0.05, 0.1) is 5.75 Å². The van der Waals surface area contributed by atoms with E-state index in [1.807, 2.05) is 0 Å². The molecule has 2 aromatic rings. The summed E-state index contributed by atoms with van der Waals surface area (Å²) in [6, 6.07) is 1.72. The summed E-state index contributed by atoms with van der Waals surface area (Å²) in [7, 11) is -3.46. The Morgan fingerprint density at radius 3 is 2.80 bits per heavy atom. The smallest absolute Gasteiger partial charge is 0.256 e. The molecule has 108 valence electrons. The number of aromatic nitrogens is 5. The van der Waals surface area contributed by atoms with Crippen LogP contribution in [0.2, 0.25) is 5.28 Å².